The molecule has 0 spiro atoms. The lowest BCUT2D eigenvalue weighted by molar-refractivity contribution is -0.122. The number of rotatable bonds is 5. The number of hydrogen-bond acceptors (Lipinski definition) is 7. The Kier molecular flexibility index (Phi) is 4.61. The number of nitrogens with one attached hydrogen (secondary N) is 1. The fraction of sp³-hybridized carbons (Fsp3) is 0.333. The molecular formula is C15H16N4O4S. The smallest absolute Gasteiger partial charge is 0.231 e. The number of amides is 2. The molecule has 1 N–H and O–H groups in total. The number of methoxy groups -OCH3 is 2. The normalized spacial score (nSPS) is 17.0. The van der Waals surface area contributed by atoms with Crippen molar-refractivity contribution in [2.24, 2.45) is 5.92 Å². The standard InChI is InChI=1S/C15H16N4O4S/c1-22-10-3-4-11(12(6-10)23-2)19-7-9(5-13(19)20)14(21)17-15-18-16-8-24-15/h3-4,6,8-9H,5,7H2,1-2H3,(H,17,18,21)/t9-/m0/s1. The molecular weight excluding hydrogens is 332 g/mol. The second-order valence-electron chi connectivity index (χ2n) is 5.18. The van der Waals surface area contributed by atoms with E-state index in [1.54, 1.807) is 30.2 Å². The number of benzene rings is 1. The third kappa shape index (κ3) is 3.16. The lowest BCUT2D eigenvalue weighted by Gasteiger charge is -2.20. The number of carbonyl (C=O) groups excluding carboxylic acids is 2. The van der Waals surface area contributed by atoms with Crippen LogP contribution >= 0.6 is 11.3 Å². The van der Waals surface area contributed by atoms with E-state index in [4.69, 9.17) is 9.47 Å². The van der Waals surface area contributed by atoms with Crippen molar-refractivity contribution >= 4 is 34.0 Å². The molecule has 1 saturated heterocycles. The molecule has 1 fully saturated rings. The molecule has 3 rings (SSSR count). The summed E-state index contributed by atoms with van der Waals surface area (Å²) in [6.07, 6.45) is 0.139. The molecule has 2 amide bonds. The lowest BCUT2D eigenvalue weighted by atomic mass is 10.1. The number of hydrogen-bond donors (Lipinski definition) is 1. The summed E-state index contributed by atoms with van der Waals surface area (Å²) >= 11 is 1.23. The van der Waals surface area contributed by atoms with Crippen LogP contribution in [0.25, 0.3) is 0 Å². The number of aromatic nitrogens is 2. The number of ether oxygens (including phenoxy) is 2. The van der Waals surface area contributed by atoms with Crippen molar-refractivity contribution in [3.63, 3.8) is 0 Å². The van der Waals surface area contributed by atoms with Crippen molar-refractivity contribution in [2.75, 3.05) is 31.0 Å². The molecule has 1 aliphatic rings. The van der Waals surface area contributed by atoms with Crippen LogP contribution in [0.5, 0.6) is 11.5 Å². The van der Waals surface area contributed by atoms with E-state index in [0.29, 0.717) is 22.3 Å². The predicted molar refractivity (Wildman–Crippen MR) is 88.5 cm³/mol. The average Bonchev–Trinajstić information content (AvgIpc) is 3.23. The van der Waals surface area contributed by atoms with Gasteiger partial charge >= 0.3 is 0 Å². The highest BCUT2D eigenvalue weighted by Crippen LogP contribution is 2.36. The average molecular weight is 348 g/mol. The molecule has 0 aliphatic carbocycles. The van der Waals surface area contributed by atoms with Gasteiger partial charge in [-0.15, -0.1) is 10.2 Å². The summed E-state index contributed by atoms with van der Waals surface area (Å²) in [5, 5.41) is 10.5. The molecule has 2 heterocycles. The molecule has 9 heteroatoms. The zero-order valence-corrected chi connectivity index (χ0v) is 14.0. The minimum Gasteiger partial charge on any atom is -0.497 e. The van der Waals surface area contributed by atoms with Crippen molar-refractivity contribution in [1.82, 2.24) is 10.2 Å². The summed E-state index contributed by atoms with van der Waals surface area (Å²) in [6.45, 7) is 0.284. The second-order valence-corrected chi connectivity index (χ2v) is 6.01. The minimum atomic E-state index is -0.451. The third-order valence-electron chi connectivity index (χ3n) is 3.76. The summed E-state index contributed by atoms with van der Waals surface area (Å²) < 4.78 is 10.5. The van der Waals surface area contributed by atoms with Crippen molar-refractivity contribution in [2.45, 2.75) is 6.42 Å². The van der Waals surface area contributed by atoms with Gasteiger partial charge in [0.25, 0.3) is 0 Å². The second kappa shape index (κ2) is 6.83. The highest BCUT2D eigenvalue weighted by molar-refractivity contribution is 7.13. The molecule has 1 aliphatic heterocycles. The first kappa shape index (κ1) is 16.2. The Balaban J connectivity index is 1.76. The predicted octanol–water partition coefficient (Wildman–Crippen LogP) is 1.55. The number of nitrogens with zero attached hydrogens (tertiary/aromatic N) is 3. The van der Waals surface area contributed by atoms with Gasteiger partial charge in [-0.1, -0.05) is 11.3 Å². The monoisotopic (exact) mass is 348 g/mol. The van der Waals surface area contributed by atoms with Crippen LogP contribution in [-0.2, 0) is 9.59 Å². The molecule has 1 aromatic heterocycles. The Morgan fingerprint density at radius 1 is 1.38 bits per heavy atom. The highest BCUT2D eigenvalue weighted by atomic mass is 32.1. The van der Waals surface area contributed by atoms with Gasteiger partial charge in [-0.25, -0.2) is 0 Å². The molecule has 0 bridgehead atoms. The van der Waals surface area contributed by atoms with Crippen LogP contribution in [0, 0.1) is 5.92 Å². The summed E-state index contributed by atoms with van der Waals surface area (Å²) in [6, 6.07) is 5.21. The maximum absolute atomic E-state index is 12.3. The topological polar surface area (TPSA) is 93.6 Å². The van der Waals surface area contributed by atoms with Gasteiger partial charge in [0.15, 0.2) is 0 Å². The van der Waals surface area contributed by atoms with Crippen molar-refractivity contribution < 1.29 is 19.1 Å². The van der Waals surface area contributed by atoms with E-state index >= 15 is 0 Å². The van der Waals surface area contributed by atoms with E-state index in [2.05, 4.69) is 15.5 Å². The van der Waals surface area contributed by atoms with E-state index in [1.165, 1.54) is 24.0 Å². The van der Waals surface area contributed by atoms with E-state index in [0.717, 1.165) is 0 Å². The summed E-state index contributed by atoms with van der Waals surface area (Å²) in [5.41, 5.74) is 2.15. The maximum Gasteiger partial charge on any atom is 0.231 e. The molecule has 0 saturated carbocycles. The van der Waals surface area contributed by atoms with E-state index < -0.39 is 5.92 Å². The zero-order valence-electron chi connectivity index (χ0n) is 13.2. The fourth-order valence-electron chi connectivity index (χ4n) is 2.56. The first-order valence-electron chi connectivity index (χ1n) is 7.21. The summed E-state index contributed by atoms with van der Waals surface area (Å²) in [7, 11) is 3.09. The van der Waals surface area contributed by atoms with Crippen molar-refractivity contribution in [3.05, 3.63) is 23.7 Å². The van der Waals surface area contributed by atoms with Crippen LogP contribution in [0.2, 0.25) is 0 Å². The van der Waals surface area contributed by atoms with Gasteiger partial charge in [0.2, 0.25) is 16.9 Å². The first-order valence-corrected chi connectivity index (χ1v) is 8.09. The molecule has 24 heavy (non-hydrogen) atoms. The van der Waals surface area contributed by atoms with Crippen molar-refractivity contribution in [1.29, 1.82) is 0 Å². The van der Waals surface area contributed by atoms with Crippen LogP contribution in [0.15, 0.2) is 23.7 Å². The van der Waals surface area contributed by atoms with Crippen LogP contribution in [-0.4, -0.2) is 42.8 Å². The van der Waals surface area contributed by atoms with Gasteiger partial charge in [-0.05, 0) is 12.1 Å². The zero-order chi connectivity index (χ0) is 17.1. The molecule has 0 unspecified atom stereocenters. The Bertz CT molecular complexity index is 750. The van der Waals surface area contributed by atoms with Crippen LogP contribution in [0.4, 0.5) is 10.8 Å². The molecule has 1 aromatic carbocycles. The van der Waals surface area contributed by atoms with Crippen LogP contribution < -0.4 is 19.7 Å². The van der Waals surface area contributed by atoms with Crippen molar-refractivity contribution in [3.8, 4) is 11.5 Å². The highest BCUT2D eigenvalue weighted by Gasteiger charge is 2.36. The Hall–Kier alpha value is -2.68. The number of carbonyl (C=O) groups is 2. The maximum atomic E-state index is 12.3. The van der Waals surface area contributed by atoms with E-state index in [9.17, 15) is 9.59 Å². The molecule has 0 radical (unpaired) electrons. The van der Waals surface area contributed by atoms with E-state index in [-0.39, 0.29) is 24.8 Å². The first-order chi connectivity index (χ1) is 11.6. The molecule has 1 atom stereocenters. The van der Waals surface area contributed by atoms with Gasteiger partial charge in [-0.2, -0.15) is 0 Å². The van der Waals surface area contributed by atoms with Gasteiger partial charge in [0.05, 0.1) is 25.8 Å². The van der Waals surface area contributed by atoms with Gasteiger partial charge in [0, 0.05) is 19.0 Å². The summed E-state index contributed by atoms with van der Waals surface area (Å²) in [4.78, 5) is 26.2. The number of anilines is 2. The lowest BCUT2D eigenvalue weighted by Crippen LogP contribution is -2.28. The minimum absolute atomic E-state index is 0.129. The third-order valence-corrected chi connectivity index (χ3v) is 4.37. The fourth-order valence-corrected chi connectivity index (χ4v) is 3.01. The summed E-state index contributed by atoms with van der Waals surface area (Å²) in [5.74, 6) is 0.333. The molecule has 8 nitrogen and oxygen atoms in total. The Labute approximate surface area is 142 Å². The SMILES string of the molecule is COc1ccc(N2C[C@@H](C(=O)Nc3nncs3)CC2=O)c(OC)c1. The Morgan fingerprint density at radius 2 is 2.21 bits per heavy atom. The van der Waals surface area contributed by atoms with Crippen LogP contribution in [0.3, 0.4) is 0 Å². The van der Waals surface area contributed by atoms with Gasteiger partial charge in [-0.3, -0.25) is 9.59 Å². The quantitative estimate of drug-likeness (QED) is 0.881. The largest absolute Gasteiger partial charge is 0.497 e. The van der Waals surface area contributed by atoms with E-state index in [1.807, 2.05) is 0 Å². The van der Waals surface area contributed by atoms with Gasteiger partial charge in [0.1, 0.15) is 17.0 Å². The molecule has 126 valence electrons. The van der Waals surface area contributed by atoms with Crippen LogP contribution in [0.1, 0.15) is 6.42 Å². The molecule has 2 aromatic rings. The Morgan fingerprint density at radius 3 is 2.88 bits per heavy atom. The van der Waals surface area contributed by atoms with Gasteiger partial charge < -0.3 is 19.7 Å².